The molecule has 0 radical (unpaired) electrons. The van der Waals surface area contributed by atoms with Crippen molar-refractivity contribution in [2.45, 2.75) is 0 Å². The highest BCUT2D eigenvalue weighted by Gasteiger charge is 2.25. The Balaban J connectivity index is 1.12. The van der Waals surface area contributed by atoms with E-state index in [9.17, 15) is 0 Å². The summed E-state index contributed by atoms with van der Waals surface area (Å²) in [6.45, 7) is 0. The maximum Gasteiger partial charge on any atom is 0.137 e. The number of rotatable bonds is 3. The van der Waals surface area contributed by atoms with Crippen molar-refractivity contribution >= 4 is 76.3 Å². The Hall–Kier alpha value is -7.36. The molecule has 55 heavy (non-hydrogen) atoms. The van der Waals surface area contributed by atoms with E-state index in [1.165, 1.54) is 82.2 Å². The average molecular weight is 699 g/mol. The molecular formula is C52H30N2O. The monoisotopic (exact) mass is 698 g/mol. The minimum Gasteiger partial charge on any atom is -0.456 e. The number of para-hydroxylation sites is 2. The van der Waals surface area contributed by atoms with E-state index >= 15 is 0 Å². The van der Waals surface area contributed by atoms with Gasteiger partial charge >= 0.3 is 0 Å². The second-order valence-corrected chi connectivity index (χ2v) is 14.9. The van der Waals surface area contributed by atoms with Gasteiger partial charge in [0.15, 0.2) is 0 Å². The van der Waals surface area contributed by atoms with Crippen LogP contribution in [-0.4, -0.2) is 9.13 Å². The zero-order valence-corrected chi connectivity index (χ0v) is 29.6. The summed E-state index contributed by atoms with van der Waals surface area (Å²) in [5.74, 6) is 0. The predicted molar refractivity (Wildman–Crippen MR) is 230 cm³/mol. The Labute approximate surface area is 315 Å². The van der Waals surface area contributed by atoms with Gasteiger partial charge < -0.3 is 13.6 Å². The molecule has 9 aromatic carbocycles. The second kappa shape index (κ2) is 10.6. The molecule has 0 N–H and O–H groups in total. The maximum absolute atomic E-state index is 6.51. The van der Waals surface area contributed by atoms with E-state index in [0.29, 0.717) is 0 Å². The Morgan fingerprint density at radius 3 is 1.78 bits per heavy atom. The van der Waals surface area contributed by atoms with E-state index in [-0.39, 0.29) is 0 Å². The van der Waals surface area contributed by atoms with E-state index in [4.69, 9.17) is 4.42 Å². The number of hydrogen-bond acceptors (Lipinski definition) is 1. The average Bonchev–Trinajstić information content (AvgIpc) is 3.97. The van der Waals surface area contributed by atoms with Gasteiger partial charge in [-0.05, 0) is 98.8 Å². The fraction of sp³-hybridized carbons (Fsp3) is 0. The van der Waals surface area contributed by atoms with Crippen LogP contribution in [0.2, 0.25) is 0 Å². The van der Waals surface area contributed by atoms with Crippen LogP contribution in [0.25, 0.3) is 121 Å². The molecule has 3 heteroatoms. The lowest BCUT2D eigenvalue weighted by Gasteiger charge is -2.12. The summed E-state index contributed by atoms with van der Waals surface area (Å²) in [7, 11) is 0. The van der Waals surface area contributed by atoms with Gasteiger partial charge in [-0.2, -0.15) is 0 Å². The lowest BCUT2D eigenvalue weighted by atomic mass is 10.0. The number of aromatic nitrogens is 2. The lowest BCUT2D eigenvalue weighted by Crippen LogP contribution is -1.95. The van der Waals surface area contributed by atoms with E-state index in [1.54, 1.807) is 0 Å². The Morgan fingerprint density at radius 2 is 0.964 bits per heavy atom. The molecule has 0 atom stereocenters. The second-order valence-electron chi connectivity index (χ2n) is 14.9. The zero-order chi connectivity index (χ0) is 35.8. The third-order valence-electron chi connectivity index (χ3n) is 12.0. The normalized spacial score (nSPS) is 12.4. The van der Waals surface area contributed by atoms with Crippen LogP contribution < -0.4 is 0 Å². The number of nitrogens with zero attached hydrogens (tertiary/aromatic N) is 2. The fourth-order valence-electron chi connectivity index (χ4n) is 9.69. The topological polar surface area (TPSA) is 23.0 Å². The molecule has 3 nitrogen and oxygen atoms in total. The molecule has 13 rings (SSSR count). The molecule has 0 unspecified atom stereocenters. The van der Waals surface area contributed by atoms with Gasteiger partial charge in [-0.15, -0.1) is 0 Å². The third kappa shape index (κ3) is 3.89. The zero-order valence-electron chi connectivity index (χ0n) is 29.6. The smallest absolute Gasteiger partial charge is 0.137 e. The van der Waals surface area contributed by atoms with Gasteiger partial charge in [0, 0.05) is 49.8 Å². The first-order valence-electron chi connectivity index (χ1n) is 18.9. The van der Waals surface area contributed by atoms with Crippen molar-refractivity contribution in [3.63, 3.8) is 0 Å². The van der Waals surface area contributed by atoms with Gasteiger partial charge in [-0.3, -0.25) is 0 Å². The van der Waals surface area contributed by atoms with Crippen molar-refractivity contribution in [2.24, 2.45) is 0 Å². The van der Waals surface area contributed by atoms with Gasteiger partial charge in [0.05, 0.1) is 22.1 Å². The van der Waals surface area contributed by atoms with Crippen LogP contribution in [0.4, 0.5) is 0 Å². The SMILES string of the molecule is c1ccc(-c2ccc(-n3c4cc5oc6ccccc6c5cc4c4c5c6ccccc6n(-c6ccc7c(c6)-c6cccc8cccc-7c68)c5ccc43)cc2)cc1. The van der Waals surface area contributed by atoms with Gasteiger partial charge in [0.1, 0.15) is 11.2 Å². The first-order chi connectivity index (χ1) is 27.3. The number of hydrogen-bond donors (Lipinski definition) is 0. The molecule has 1 aliphatic rings. The van der Waals surface area contributed by atoms with Crippen molar-refractivity contribution in [1.29, 1.82) is 0 Å². The van der Waals surface area contributed by atoms with Crippen LogP contribution in [0.1, 0.15) is 0 Å². The van der Waals surface area contributed by atoms with Crippen molar-refractivity contribution in [3.05, 3.63) is 182 Å². The van der Waals surface area contributed by atoms with Crippen molar-refractivity contribution in [3.8, 4) is 44.8 Å². The molecule has 0 spiro atoms. The lowest BCUT2D eigenvalue weighted by molar-refractivity contribution is 0.669. The van der Waals surface area contributed by atoms with Crippen molar-refractivity contribution in [2.75, 3.05) is 0 Å². The summed E-state index contributed by atoms with van der Waals surface area (Å²) in [6, 6.07) is 66.5. The van der Waals surface area contributed by atoms with Crippen molar-refractivity contribution in [1.82, 2.24) is 9.13 Å². The highest BCUT2D eigenvalue weighted by Crippen LogP contribution is 2.49. The molecule has 1 aliphatic carbocycles. The fourth-order valence-corrected chi connectivity index (χ4v) is 9.69. The summed E-state index contributed by atoms with van der Waals surface area (Å²) in [4.78, 5) is 0. The number of fused-ring (bicyclic) bond motifs is 13. The van der Waals surface area contributed by atoms with E-state index < -0.39 is 0 Å². The summed E-state index contributed by atoms with van der Waals surface area (Å²) >= 11 is 0. The van der Waals surface area contributed by atoms with Gasteiger partial charge in [-0.25, -0.2) is 0 Å². The summed E-state index contributed by atoms with van der Waals surface area (Å²) in [5, 5.41) is 9.87. The Morgan fingerprint density at radius 1 is 0.309 bits per heavy atom. The van der Waals surface area contributed by atoms with Crippen LogP contribution in [0.15, 0.2) is 186 Å². The summed E-state index contributed by atoms with van der Waals surface area (Å²) < 4.78 is 11.4. The first kappa shape index (κ1) is 29.1. The Kier molecular flexibility index (Phi) is 5.63. The highest BCUT2D eigenvalue weighted by molar-refractivity contribution is 6.30. The molecule has 254 valence electrons. The third-order valence-corrected chi connectivity index (χ3v) is 12.0. The minimum absolute atomic E-state index is 0.895. The molecule has 0 fully saturated rings. The number of benzene rings is 9. The Bertz CT molecular complexity index is 3570. The molecule has 3 aromatic heterocycles. The van der Waals surface area contributed by atoms with Crippen LogP contribution in [-0.2, 0) is 0 Å². The van der Waals surface area contributed by atoms with E-state index in [0.717, 1.165) is 38.8 Å². The van der Waals surface area contributed by atoms with E-state index in [1.807, 2.05) is 6.07 Å². The molecule has 0 aliphatic heterocycles. The standard InChI is InChI=1S/C52H30N2O/c1-2-10-31(11-3-1)32-20-22-34(23-21-32)53-46-27-26-45-51(52(46)43-29-42-37-14-5-7-19-48(37)55-49(42)30-47(43)53)40-15-4-6-18-44(40)54(45)35-24-25-36-38-16-8-12-33-13-9-17-39(50(33)38)41(36)28-35/h1-30H. The molecule has 0 amide bonds. The summed E-state index contributed by atoms with van der Waals surface area (Å²) in [5.41, 5.74) is 16.4. The van der Waals surface area contributed by atoms with Gasteiger partial charge in [0.2, 0.25) is 0 Å². The molecule has 0 bridgehead atoms. The van der Waals surface area contributed by atoms with Crippen LogP contribution >= 0.6 is 0 Å². The van der Waals surface area contributed by atoms with Gasteiger partial charge in [-0.1, -0.05) is 121 Å². The highest BCUT2D eigenvalue weighted by atomic mass is 16.3. The van der Waals surface area contributed by atoms with E-state index in [2.05, 4.69) is 185 Å². The molecule has 0 saturated heterocycles. The van der Waals surface area contributed by atoms with Crippen LogP contribution in [0.5, 0.6) is 0 Å². The maximum atomic E-state index is 6.51. The predicted octanol–water partition coefficient (Wildman–Crippen LogP) is 14.2. The largest absolute Gasteiger partial charge is 0.456 e. The first-order valence-corrected chi connectivity index (χ1v) is 18.9. The molecule has 3 heterocycles. The van der Waals surface area contributed by atoms with Crippen LogP contribution in [0, 0.1) is 0 Å². The summed E-state index contributed by atoms with van der Waals surface area (Å²) in [6.07, 6.45) is 0. The molecule has 0 saturated carbocycles. The van der Waals surface area contributed by atoms with Gasteiger partial charge in [0.25, 0.3) is 0 Å². The number of furan rings is 1. The quantitative estimate of drug-likeness (QED) is 0.180. The van der Waals surface area contributed by atoms with Crippen LogP contribution in [0.3, 0.4) is 0 Å². The molecular weight excluding hydrogens is 669 g/mol. The minimum atomic E-state index is 0.895. The van der Waals surface area contributed by atoms with Crippen molar-refractivity contribution < 1.29 is 4.42 Å². The molecule has 12 aromatic rings.